The molecule has 0 bridgehead atoms. The summed E-state index contributed by atoms with van der Waals surface area (Å²) in [6.07, 6.45) is 3.02. The lowest BCUT2D eigenvalue weighted by Gasteiger charge is -2.09. The Morgan fingerprint density at radius 1 is 1.18 bits per heavy atom. The Kier molecular flexibility index (Phi) is 6.10. The van der Waals surface area contributed by atoms with Crippen LogP contribution in [0.5, 0.6) is 0 Å². The molecule has 2 aromatic heterocycles. The number of aryl methyl sites for hydroxylation is 1. The van der Waals surface area contributed by atoms with Crippen LogP contribution in [-0.4, -0.2) is 22.6 Å². The molecule has 0 aliphatic carbocycles. The van der Waals surface area contributed by atoms with Crippen molar-refractivity contribution < 1.29 is 14.0 Å². The molecule has 28 heavy (non-hydrogen) atoms. The summed E-state index contributed by atoms with van der Waals surface area (Å²) in [5.41, 5.74) is 6.11. The first-order valence-electron chi connectivity index (χ1n) is 8.54. The van der Waals surface area contributed by atoms with E-state index in [4.69, 9.17) is 4.42 Å². The standard InChI is InChI=1S/C20H19BrN4O3/c1-13-10-15(14(2)25(13)17-7-5-16(21)6-8-17)11-23-24-20(27)19(26)22-12-18-4-3-9-28-18/h3-11H,12H2,1-2H3,(H,22,26)(H,24,27)/b23-11-. The lowest BCUT2D eigenvalue weighted by atomic mass is 10.2. The van der Waals surface area contributed by atoms with Crippen molar-refractivity contribution >= 4 is 34.0 Å². The zero-order valence-corrected chi connectivity index (χ0v) is 17.0. The minimum absolute atomic E-state index is 0.136. The number of carbonyl (C=O) groups excluding carboxylic acids is 2. The van der Waals surface area contributed by atoms with Gasteiger partial charge in [0.1, 0.15) is 5.76 Å². The summed E-state index contributed by atoms with van der Waals surface area (Å²) in [7, 11) is 0. The highest BCUT2D eigenvalue weighted by Gasteiger charge is 2.13. The van der Waals surface area contributed by atoms with Gasteiger partial charge in [0.25, 0.3) is 0 Å². The maximum atomic E-state index is 11.8. The smallest absolute Gasteiger partial charge is 0.329 e. The monoisotopic (exact) mass is 442 g/mol. The molecule has 0 fully saturated rings. The topological polar surface area (TPSA) is 88.6 Å². The summed E-state index contributed by atoms with van der Waals surface area (Å²) in [5, 5.41) is 6.36. The van der Waals surface area contributed by atoms with Crippen LogP contribution in [0.3, 0.4) is 0 Å². The van der Waals surface area contributed by atoms with E-state index < -0.39 is 11.8 Å². The number of aromatic nitrogens is 1. The van der Waals surface area contributed by atoms with E-state index in [-0.39, 0.29) is 6.54 Å². The van der Waals surface area contributed by atoms with Crippen LogP contribution in [0, 0.1) is 13.8 Å². The second-order valence-electron chi connectivity index (χ2n) is 6.10. The highest BCUT2D eigenvalue weighted by molar-refractivity contribution is 9.10. The predicted octanol–water partition coefficient (Wildman–Crippen LogP) is 3.22. The minimum Gasteiger partial charge on any atom is -0.467 e. The van der Waals surface area contributed by atoms with Gasteiger partial charge < -0.3 is 14.3 Å². The molecule has 2 heterocycles. The van der Waals surface area contributed by atoms with Gasteiger partial charge in [0, 0.05) is 27.1 Å². The number of hydrogen-bond acceptors (Lipinski definition) is 4. The van der Waals surface area contributed by atoms with E-state index in [9.17, 15) is 9.59 Å². The Balaban J connectivity index is 1.62. The number of amides is 2. The number of furan rings is 1. The fourth-order valence-electron chi connectivity index (χ4n) is 2.78. The molecule has 3 aromatic rings. The van der Waals surface area contributed by atoms with Gasteiger partial charge in [-0.15, -0.1) is 0 Å². The van der Waals surface area contributed by atoms with Gasteiger partial charge in [0.2, 0.25) is 0 Å². The fourth-order valence-corrected chi connectivity index (χ4v) is 3.04. The molecule has 0 aliphatic rings. The van der Waals surface area contributed by atoms with Crippen LogP contribution in [0.2, 0.25) is 0 Å². The molecule has 7 nitrogen and oxygen atoms in total. The number of hydrazone groups is 1. The molecular formula is C20H19BrN4O3. The van der Waals surface area contributed by atoms with Gasteiger partial charge in [0.15, 0.2) is 0 Å². The molecular weight excluding hydrogens is 424 g/mol. The largest absolute Gasteiger partial charge is 0.467 e. The molecule has 0 atom stereocenters. The van der Waals surface area contributed by atoms with E-state index in [0.29, 0.717) is 5.76 Å². The van der Waals surface area contributed by atoms with E-state index in [1.807, 2.05) is 44.2 Å². The van der Waals surface area contributed by atoms with Crippen molar-refractivity contribution in [2.24, 2.45) is 5.10 Å². The number of nitrogens with zero attached hydrogens (tertiary/aromatic N) is 2. The van der Waals surface area contributed by atoms with Crippen molar-refractivity contribution in [2.45, 2.75) is 20.4 Å². The van der Waals surface area contributed by atoms with Crippen LogP contribution in [0.15, 0.2) is 62.7 Å². The molecule has 1 aromatic carbocycles. The van der Waals surface area contributed by atoms with Crippen molar-refractivity contribution in [3.05, 3.63) is 75.9 Å². The first-order valence-corrected chi connectivity index (χ1v) is 9.33. The van der Waals surface area contributed by atoms with E-state index in [1.54, 1.807) is 12.1 Å². The molecule has 0 unspecified atom stereocenters. The minimum atomic E-state index is -0.843. The first kappa shape index (κ1) is 19.6. The summed E-state index contributed by atoms with van der Waals surface area (Å²) in [6, 6.07) is 13.3. The van der Waals surface area contributed by atoms with Crippen molar-refractivity contribution in [3.8, 4) is 5.69 Å². The molecule has 2 amide bonds. The average molecular weight is 443 g/mol. The summed E-state index contributed by atoms with van der Waals surface area (Å²) < 4.78 is 8.19. The normalized spacial score (nSPS) is 11.0. The maximum absolute atomic E-state index is 11.8. The number of benzene rings is 1. The Labute approximate surface area is 170 Å². The van der Waals surface area contributed by atoms with Crippen molar-refractivity contribution in [1.82, 2.24) is 15.3 Å². The number of carbonyl (C=O) groups is 2. The van der Waals surface area contributed by atoms with Gasteiger partial charge in [0.05, 0.1) is 19.0 Å². The number of rotatable bonds is 5. The SMILES string of the molecule is Cc1cc(/C=N\NC(=O)C(=O)NCc2ccco2)c(C)n1-c1ccc(Br)cc1. The maximum Gasteiger partial charge on any atom is 0.329 e. The summed E-state index contributed by atoms with van der Waals surface area (Å²) in [4.78, 5) is 23.6. The van der Waals surface area contributed by atoms with Crippen LogP contribution in [-0.2, 0) is 16.1 Å². The molecule has 8 heteroatoms. The average Bonchev–Trinajstić information content (AvgIpc) is 3.29. The Morgan fingerprint density at radius 3 is 2.61 bits per heavy atom. The van der Waals surface area contributed by atoms with Crippen molar-refractivity contribution in [1.29, 1.82) is 0 Å². The molecule has 2 N–H and O–H groups in total. The molecule has 0 radical (unpaired) electrons. The second kappa shape index (κ2) is 8.71. The van der Waals surface area contributed by atoms with Crippen LogP contribution in [0.25, 0.3) is 5.69 Å². The molecule has 144 valence electrons. The summed E-state index contributed by atoms with van der Waals surface area (Å²) in [5.74, 6) is -1.07. The summed E-state index contributed by atoms with van der Waals surface area (Å²) >= 11 is 3.43. The highest BCUT2D eigenvalue weighted by Crippen LogP contribution is 2.21. The third-order valence-corrected chi connectivity index (χ3v) is 4.66. The van der Waals surface area contributed by atoms with Crippen LogP contribution in [0.4, 0.5) is 0 Å². The summed E-state index contributed by atoms with van der Waals surface area (Å²) in [6.45, 7) is 4.10. The first-order chi connectivity index (χ1) is 13.5. The van der Waals surface area contributed by atoms with E-state index in [0.717, 1.165) is 27.1 Å². The van der Waals surface area contributed by atoms with E-state index in [2.05, 4.69) is 36.3 Å². The molecule has 0 saturated carbocycles. The number of hydrogen-bond donors (Lipinski definition) is 2. The lowest BCUT2D eigenvalue weighted by molar-refractivity contribution is -0.139. The number of halogens is 1. The van der Waals surface area contributed by atoms with Gasteiger partial charge in [-0.2, -0.15) is 5.10 Å². The fraction of sp³-hybridized carbons (Fsp3) is 0.150. The van der Waals surface area contributed by atoms with E-state index >= 15 is 0 Å². The van der Waals surface area contributed by atoms with Gasteiger partial charge >= 0.3 is 11.8 Å². The van der Waals surface area contributed by atoms with E-state index in [1.165, 1.54) is 12.5 Å². The lowest BCUT2D eigenvalue weighted by Crippen LogP contribution is -2.37. The molecule has 0 spiro atoms. The highest BCUT2D eigenvalue weighted by atomic mass is 79.9. The molecule has 3 rings (SSSR count). The number of nitrogens with one attached hydrogen (secondary N) is 2. The van der Waals surface area contributed by atoms with Gasteiger partial charge in [-0.05, 0) is 56.3 Å². The third-order valence-electron chi connectivity index (χ3n) is 4.13. The Bertz CT molecular complexity index is 1010. The molecule has 0 saturated heterocycles. The van der Waals surface area contributed by atoms with Crippen LogP contribution in [0.1, 0.15) is 22.7 Å². The van der Waals surface area contributed by atoms with Crippen LogP contribution < -0.4 is 10.7 Å². The quantitative estimate of drug-likeness (QED) is 0.361. The predicted molar refractivity (Wildman–Crippen MR) is 109 cm³/mol. The third kappa shape index (κ3) is 4.58. The van der Waals surface area contributed by atoms with Crippen molar-refractivity contribution in [2.75, 3.05) is 0 Å². The molecule has 0 aliphatic heterocycles. The van der Waals surface area contributed by atoms with Crippen molar-refractivity contribution in [3.63, 3.8) is 0 Å². The van der Waals surface area contributed by atoms with Gasteiger partial charge in [-0.3, -0.25) is 9.59 Å². The second-order valence-corrected chi connectivity index (χ2v) is 7.02. The van der Waals surface area contributed by atoms with Gasteiger partial charge in [-0.25, -0.2) is 5.43 Å². The zero-order chi connectivity index (χ0) is 20.1. The Morgan fingerprint density at radius 2 is 1.93 bits per heavy atom. The zero-order valence-electron chi connectivity index (χ0n) is 15.4. The van der Waals surface area contributed by atoms with Crippen LogP contribution >= 0.6 is 15.9 Å². The van der Waals surface area contributed by atoms with Gasteiger partial charge in [-0.1, -0.05) is 15.9 Å². The Hall–Kier alpha value is -3.13.